The molecule has 150 valence electrons. The molecule has 6 heteroatoms. The first kappa shape index (κ1) is 20.3. The van der Waals surface area contributed by atoms with Crippen molar-refractivity contribution in [1.29, 1.82) is 0 Å². The van der Waals surface area contributed by atoms with Crippen LogP contribution in [0.5, 0.6) is 0 Å². The highest BCUT2D eigenvalue weighted by atomic mass is 15.0. The van der Waals surface area contributed by atoms with Crippen LogP contribution in [0.15, 0.2) is 58.8 Å². The monoisotopic (exact) mass is 388 g/mol. The molecular weight excluding hydrogens is 360 g/mol. The molecule has 2 aromatic heterocycles. The van der Waals surface area contributed by atoms with Gasteiger partial charge in [-0.25, -0.2) is 4.98 Å². The molecule has 0 amide bonds. The molecular formula is C23H28N6. The Balaban J connectivity index is 1.78. The summed E-state index contributed by atoms with van der Waals surface area (Å²) < 4.78 is 1.96. The lowest BCUT2D eigenvalue weighted by Gasteiger charge is -2.03. The lowest BCUT2D eigenvalue weighted by Crippen LogP contribution is -2.16. The molecule has 0 atom stereocenters. The van der Waals surface area contributed by atoms with Crippen molar-refractivity contribution in [1.82, 2.24) is 9.38 Å². The van der Waals surface area contributed by atoms with Gasteiger partial charge in [-0.15, -0.1) is 0 Å². The van der Waals surface area contributed by atoms with Gasteiger partial charge in [-0.2, -0.15) is 0 Å². The minimum absolute atomic E-state index is 0.158. The van der Waals surface area contributed by atoms with Gasteiger partial charge in [0.25, 0.3) is 0 Å². The molecule has 3 aromatic rings. The fraction of sp³-hybridized carbons (Fsp3) is 0.261. The number of nitrogens with zero attached hydrogens (tertiary/aromatic N) is 4. The molecule has 0 aliphatic carbocycles. The summed E-state index contributed by atoms with van der Waals surface area (Å²) in [7, 11) is 0. The summed E-state index contributed by atoms with van der Waals surface area (Å²) in [4.78, 5) is 13.4. The maximum absolute atomic E-state index is 6.07. The highest BCUT2D eigenvalue weighted by molar-refractivity contribution is 5.98. The predicted molar refractivity (Wildman–Crippen MR) is 122 cm³/mol. The molecule has 0 radical (unpaired) electrons. The van der Waals surface area contributed by atoms with Gasteiger partial charge in [0.05, 0.1) is 5.69 Å². The molecule has 0 aliphatic heterocycles. The zero-order chi connectivity index (χ0) is 21.0. The van der Waals surface area contributed by atoms with E-state index in [1.54, 1.807) is 0 Å². The molecule has 3 rings (SSSR count). The Morgan fingerprint density at radius 3 is 2.03 bits per heavy atom. The lowest BCUT2D eigenvalue weighted by molar-refractivity contribution is 0.834. The van der Waals surface area contributed by atoms with Crippen LogP contribution in [0.1, 0.15) is 50.1 Å². The Hall–Kier alpha value is -3.41. The lowest BCUT2D eigenvalue weighted by atomic mass is 10.1. The molecule has 2 heterocycles. The quantitative estimate of drug-likeness (QED) is 0.497. The van der Waals surface area contributed by atoms with Gasteiger partial charge < -0.3 is 15.9 Å². The van der Waals surface area contributed by atoms with Crippen molar-refractivity contribution in [3.63, 3.8) is 0 Å². The van der Waals surface area contributed by atoms with Crippen molar-refractivity contribution >= 4 is 29.5 Å². The average Bonchev–Trinajstić information content (AvgIpc) is 3.07. The Bertz CT molecular complexity index is 1070. The van der Waals surface area contributed by atoms with Gasteiger partial charge in [-0.1, -0.05) is 30.3 Å². The van der Waals surface area contributed by atoms with Gasteiger partial charge in [0.1, 0.15) is 17.3 Å². The van der Waals surface area contributed by atoms with Crippen LogP contribution in [0.25, 0.3) is 17.8 Å². The van der Waals surface area contributed by atoms with Crippen molar-refractivity contribution in [2.24, 2.45) is 21.5 Å². The molecule has 0 fully saturated rings. The Kier molecular flexibility index (Phi) is 6.12. The van der Waals surface area contributed by atoms with Crippen LogP contribution in [0, 0.1) is 0 Å². The summed E-state index contributed by atoms with van der Waals surface area (Å²) in [5.74, 6) is 1.10. The zero-order valence-electron chi connectivity index (χ0n) is 17.4. The van der Waals surface area contributed by atoms with Gasteiger partial charge in [0, 0.05) is 35.6 Å². The first-order chi connectivity index (χ1) is 13.8. The number of imidazole rings is 1. The van der Waals surface area contributed by atoms with Crippen LogP contribution in [-0.4, -0.2) is 33.1 Å². The van der Waals surface area contributed by atoms with E-state index in [4.69, 9.17) is 11.5 Å². The van der Waals surface area contributed by atoms with Crippen molar-refractivity contribution in [3.8, 4) is 0 Å². The molecule has 0 saturated carbocycles. The molecule has 0 aliphatic rings. The second kappa shape index (κ2) is 8.73. The standard InChI is InChI=1S/C23H28N6/c1-15(2)26-22(24)18-8-5-17(6-9-18)7-11-20-14-29-13-19(10-12-21(29)28-20)23(25)27-16(3)4/h5-16H,1-4H3,(H2,24,26)(H2,25,27)/b11-7+. The number of aliphatic imine (C=N–C) groups is 2. The highest BCUT2D eigenvalue weighted by Gasteiger charge is 2.04. The summed E-state index contributed by atoms with van der Waals surface area (Å²) in [6, 6.07) is 12.2. The summed E-state index contributed by atoms with van der Waals surface area (Å²) in [5, 5.41) is 0. The van der Waals surface area contributed by atoms with Gasteiger partial charge in [0.2, 0.25) is 0 Å². The van der Waals surface area contributed by atoms with Crippen LogP contribution in [-0.2, 0) is 0 Å². The minimum atomic E-state index is 0.158. The van der Waals surface area contributed by atoms with Gasteiger partial charge >= 0.3 is 0 Å². The third-order valence-corrected chi connectivity index (χ3v) is 4.21. The van der Waals surface area contributed by atoms with E-state index in [1.807, 2.05) is 93.0 Å². The van der Waals surface area contributed by atoms with Crippen LogP contribution < -0.4 is 11.5 Å². The van der Waals surface area contributed by atoms with Crippen molar-refractivity contribution in [3.05, 3.63) is 71.2 Å². The van der Waals surface area contributed by atoms with Crippen molar-refractivity contribution in [2.45, 2.75) is 39.8 Å². The summed E-state index contributed by atoms with van der Waals surface area (Å²) in [6.07, 6.45) is 7.93. The number of amidine groups is 2. The van der Waals surface area contributed by atoms with Crippen LogP contribution in [0.3, 0.4) is 0 Å². The minimum Gasteiger partial charge on any atom is -0.383 e. The third kappa shape index (κ3) is 5.31. The number of benzene rings is 1. The van der Waals surface area contributed by atoms with E-state index in [1.165, 1.54) is 0 Å². The van der Waals surface area contributed by atoms with Crippen LogP contribution in [0.4, 0.5) is 0 Å². The number of hydrogen-bond acceptors (Lipinski definition) is 3. The molecule has 29 heavy (non-hydrogen) atoms. The maximum Gasteiger partial charge on any atom is 0.137 e. The first-order valence-electron chi connectivity index (χ1n) is 9.76. The summed E-state index contributed by atoms with van der Waals surface area (Å²) >= 11 is 0. The first-order valence-corrected chi connectivity index (χ1v) is 9.76. The largest absolute Gasteiger partial charge is 0.383 e. The number of pyridine rings is 1. The van der Waals surface area contributed by atoms with E-state index < -0.39 is 0 Å². The predicted octanol–water partition coefficient (Wildman–Crippen LogP) is 3.73. The summed E-state index contributed by atoms with van der Waals surface area (Å²) in [5.41, 5.74) is 16.7. The second-order valence-electron chi connectivity index (χ2n) is 7.52. The smallest absolute Gasteiger partial charge is 0.137 e. The Morgan fingerprint density at radius 1 is 0.828 bits per heavy atom. The van der Waals surface area contributed by atoms with Crippen molar-refractivity contribution in [2.75, 3.05) is 0 Å². The molecule has 0 saturated heterocycles. The SMILES string of the molecule is CC(C)N=C(N)c1ccc(/C=C/c2cn3cc(C(N)=NC(C)C)ccc3n2)cc1. The fourth-order valence-corrected chi connectivity index (χ4v) is 2.90. The maximum atomic E-state index is 6.07. The summed E-state index contributed by atoms with van der Waals surface area (Å²) in [6.45, 7) is 8.02. The zero-order valence-corrected chi connectivity index (χ0v) is 17.4. The van der Waals surface area contributed by atoms with E-state index in [-0.39, 0.29) is 12.1 Å². The van der Waals surface area contributed by atoms with Crippen molar-refractivity contribution < 1.29 is 0 Å². The van der Waals surface area contributed by atoms with E-state index in [0.717, 1.165) is 28.0 Å². The fourth-order valence-electron chi connectivity index (χ4n) is 2.90. The number of hydrogen-bond donors (Lipinski definition) is 2. The number of rotatable bonds is 6. The van der Waals surface area contributed by atoms with Crippen LogP contribution in [0.2, 0.25) is 0 Å². The Labute approximate surface area is 171 Å². The molecule has 0 spiro atoms. The van der Waals surface area contributed by atoms with E-state index in [0.29, 0.717) is 11.7 Å². The number of fused-ring (bicyclic) bond motifs is 1. The number of nitrogens with two attached hydrogens (primary N) is 2. The van der Waals surface area contributed by atoms with E-state index >= 15 is 0 Å². The average molecular weight is 389 g/mol. The molecule has 0 bridgehead atoms. The Morgan fingerprint density at radius 2 is 1.41 bits per heavy atom. The molecule has 6 nitrogen and oxygen atoms in total. The molecule has 0 unspecified atom stereocenters. The topological polar surface area (TPSA) is 94.1 Å². The highest BCUT2D eigenvalue weighted by Crippen LogP contribution is 2.13. The van der Waals surface area contributed by atoms with Crippen LogP contribution >= 0.6 is 0 Å². The third-order valence-electron chi connectivity index (χ3n) is 4.21. The molecule has 1 aromatic carbocycles. The van der Waals surface area contributed by atoms with Gasteiger partial charge in [-0.05, 0) is 51.5 Å². The normalized spacial score (nSPS) is 13.3. The van der Waals surface area contributed by atoms with Gasteiger partial charge in [0.15, 0.2) is 0 Å². The van der Waals surface area contributed by atoms with E-state index in [2.05, 4.69) is 15.0 Å². The van der Waals surface area contributed by atoms with Gasteiger partial charge in [-0.3, -0.25) is 9.98 Å². The molecule has 4 N–H and O–H groups in total. The second-order valence-corrected chi connectivity index (χ2v) is 7.52. The number of aromatic nitrogens is 2. The van der Waals surface area contributed by atoms with E-state index in [9.17, 15) is 0 Å².